The zero-order chi connectivity index (χ0) is 10.9. The summed E-state index contributed by atoms with van der Waals surface area (Å²) >= 11 is 0. The van der Waals surface area contributed by atoms with E-state index in [4.69, 9.17) is 0 Å². The third kappa shape index (κ3) is 2.68. The number of ketones is 1. The molecule has 0 heterocycles. The first kappa shape index (κ1) is 11.4. The zero-order valence-corrected chi connectivity index (χ0v) is 9.98. The predicted octanol–water partition coefficient (Wildman–Crippen LogP) is 2.25. The normalized spacial score (nSPS) is 22.0. The quantitative estimate of drug-likeness (QED) is 0.673. The van der Waals surface area contributed by atoms with Crippen molar-refractivity contribution in [1.82, 2.24) is 4.90 Å². The van der Waals surface area contributed by atoms with Crippen LogP contribution in [0.4, 0.5) is 0 Å². The molecule has 1 aliphatic carbocycles. The van der Waals surface area contributed by atoms with Gasteiger partial charge in [0, 0.05) is 18.5 Å². The van der Waals surface area contributed by atoms with E-state index >= 15 is 0 Å². The summed E-state index contributed by atoms with van der Waals surface area (Å²) in [4.78, 5) is 13.9. The van der Waals surface area contributed by atoms with E-state index in [0.29, 0.717) is 12.2 Å². The summed E-state index contributed by atoms with van der Waals surface area (Å²) in [5.74, 6) is 0.340. The van der Waals surface area contributed by atoms with Crippen molar-refractivity contribution in [2.24, 2.45) is 5.41 Å². The average Bonchev–Trinajstić information content (AvgIpc) is 1.94. The molecular formula is C12H21NO. The summed E-state index contributed by atoms with van der Waals surface area (Å²) in [6.45, 7) is 7.22. The maximum absolute atomic E-state index is 11.9. The van der Waals surface area contributed by atoms with E-state index in [1.807, 2.05) is 14.1 Å². The van der Waals surface area contributed by atoms with E-state index in [2.05, 4.69) is 25.7 Å². The van der Waals surface area contributed by atoms with Gasteiger partial charge in [-0.25, -0.2) is 0 Å². The Balaban J connectivity index is 2.88. The van der Waals surface area contributed by atoms with Gasteiger partial charge in [0.1, 0.15) is 0 Å². The third-order valence-electron chi connectivity index (χ3n) is 2.71. The molecule has 2 nitrogen and oxygen atoms in total. The zero-order valence-electron chi connectivity index (χ0n) is 9.98. The molecule has 0 bridgehead atoms. The summed E-state index contributed by atoms with van der Waals surface area (Å²) in [5, 5.41) is 0. The van der Waals surface area contributed by atoms with Gasteiger partial charge in [-0.1, -0.05) is 19.4 Å². The molecule has 0 aromatic rings. The molecule has 0 aromatic heterocycles. The maximum atomic E-state index is 11.9. The van der Waals surface area contributed by atoms with Crippen LogP contribution in [0.5, 0.6) is 0 Å². The molecule has 0 saturated heterocycles. The van der Waals surface area contributed by atoms with Crippen molar-refractivity contribution in [3.8, 4) is 0 Å². The van der Waals surface area contributed by atoms with Crippen LogP contribution in [-0.4, -0.2) is 31.3 Å². The maximum Gasteiger partial charge on any atom is 0.160 e. The summed E-state index contributed by atoms with van der Waals surface area (Å²) in [6.07, 6.45) is 1.76. The molecule has 0 aromatic carbocycles. The topological polar surface area (TPSA) is 20.3 Å². The van der Waals surface area contributed by atoms with Crippen LogP contribution in [-0.2, 0) is 4.79 Å². The van der Waals surface area contributed by atoms with Crippen molar-refractivity contribution in [1.29, 1.82) is 0 Å². The molecule has 0 unspecified atom stereocenters. The molecule has 0 amide bonds. The van der Waals surface area contributed by atoms with Gasteiger partial charge in [0.25, 0.3) is 0 Å². The van der Waals surface area contributed by atoms with E-state index in [1.165, 1.54) is 5.57 Å². The van der Waals surface area contributed by atoms with Gasteiger partial charge in [-0.3, -0.25) is 4.79 Å². The highest BCUT2D eigenvalue weighted by molar-refractivity contribution is 5.97. The molecule has 0 aliphatic heterocycles. The lowest BCUT2D eigenvalue weighted by molar-refractivity contribution is -0.118. The molecule has 80 valence electrons. The highest BCUT2D eigenvalue weighted by atomic mass is 16.1. The van der Waals surface area contributed by atoms with Gasteiger partial charge in [-0.2, -0.15) is 0 Å². The van der Waals surface area contributed by atoms with E-state index in [1.54, 1.807) is 0 Å². The van der Waals surface area contributed by atoms with Crippen molar-refractivity contribution in [3.63, 3.8) is 0 Å². The van der Waals surface area contributed by atoms with Crippen molar-refractivity contribution < 1.29 is 4.79 Å². The van der Waals surface area contributed by atoms with Gasteiger partial charge in [0.2, 0.25) is 0 Å². The van der Waals surface area contributed by atoms with Crippen LogP contribution in [0.2, 0.25) is 0 Å². The lowest BCUT2D eigenvalue weighted by Crippen LogP contribution is -2.30. The first-order valence-corrected chi connectivity index (χ1v) is 5.18. The van der Waals surface area contributed by atoms with Crippen molar-refractivity contribution in [2.75, 3.05) is 20.6 Å². The van der Waals surface area contributed by atoms with E-state index in [9.17, 15) is 4.79 Å². The second-order valence-corrected chi connectivity index (χ2v) is 5.44. The largest absolute Gasteiger partial charge is 0.305 e. The van der Waals surface area contributed by atoms with Crippen LogP contribution in [0.15, 0.2) is 11.1 Å². The second-order valence-electron chi connectivity index (χ2n) is 5.44. The van der Waals surface area contributed by atoms with Crippen LogP contribution in [0, 0.1) is 5.41 Å². The fourth-order valence-corrected chi connectivity index (χ4v) is 2.21. The number of carbonyl (C=O) groups is 1. The molecule has 1 rings (SSSR count). The fraction of sp³-hybridized carbons (Fsp3) is 0.750. The molecule has 14 heavy (non-hydrogen) atoms. The Morgan fingerprint density at radius 2 is 1.86 bits per heavy atom. The van der Waals surface area contributed by atoms with Gasteiger partial charge in [-0.15, -0.1) is 0 Å². The van der Waals surface area contributed by atoms with Crippen molar-refractivity contribution in [3.05, 3.63) is 11.1 Å². The first-order chi connectivity index (χ1) is 6.32. The Hall–Kier alpha value is -0.630. The molecule has 0 saturated carbocycles. The summed E-state index contributed by atoms with van der Waals surface area (Å²) in [5.41, 5.74) is 2.48. The lowest BCUT2D eigenvalue weighted by atomic mass is 9.74. The minimum absolute atomic E-state index is 0.164. The highest BCUT2D eigenvalue weighted by Crippen LogP contribution is 2.36. The number of allylic oxidation sites excluding steroid dienone is 1. The summed E-state index contributed by atoms with van der Waals surface area (Å²) in [7, 11) is 4.01. The van der Waals surface area contributed by atoms with Crippen LogP contribution in [0.25, 0.3) is 0 Å². The predicted molar refractivity (Wildman–Crippen MR) is 59.3 cm³/mol. The smallest absolute Gasteiger partial charge is 0.160 e. The number of hydrogen-bond acceptors (Lipinski definition) is 2. The highest BCUT2D eigenvalue weighted by Gasteiger charge is 2.30. The minimum atomic E-state index is 0.164. The summed E-state index contributed by atoms with van der Waals surface area (Å²) < 4.78 is 0. The van der Waals surface area contributed by atoms with Gasteiger partial charge < -0.3 is 4.90 Å². The Labute approximate surface area is 87.0 Å². The molecular weight excluding hydrogens is 174 g/mol. The number of likely N-dealkylation sites (N-methyl/N-ethyl adjacent to an activating group) is 1. The average molecular weight is 195 g/mol. The van der Waals surface area contributed by atoms with Gasteiger partial charge >= 0.3 is 0 Å². The van der Waals surface area contributed by atoms with Crippen molar-refractivity contribution in [2.45, 2.75) is 33.6 Å². The molecule has 2 heteroatoms. The lowest BCUT2D eigenvalue weighted by Gasteiger charge is -2.31. The molecule has 0 radical (unpaired) electrons. The van der Waals surface area contributed by atoms with E-state index in [-0.39, 0.29) is 5.41 Å². The number of nitrogens with zero attached hydrogens (tertiary/aromatic N) is 1. The van der Waals surface area contributed by atoms with Gasteiger partial charge in [-0.05, 0) is 32.9 Å². The van der Waals surface area contributed by atoms with Crippen LogP contribution < -0.4 is 0 Å². The molecule has 0 N–H and O–H groups in total. The SMILES string of the molecule is CC1=C(CN(C)C)C(=O)CC(C)(C)C1. The third-order valence-corrected chi connectivity index (χ3v) is 2.71. The standard InChI is InChI=1S/C12H21NO/c1-9-6-12(2,3)7-11(14)10(9)8-13(4)5/h6-8H2,1-5H3. The fourth-order valence-electron chi connectivity index (χ4n) is 2.21. The van der Waals surface area contributed by atoms with E-state index < -0.39 is 0 Å². The molecule has 0 fully saturated rings. The summed E-state index contributed by atoms with van der Waals surface area (Å²) in [6, 6.07) is 0. The Morgan fingerprint density at radius 1 is 1.29 bits per heavy atom. The van der Waals surface area contributed by atoms with Crippen molar-refractivity contribution >= 4 is 5.78 Å². The van der Waals surface area contributed by atoms with E-state index in [0.717, 1.165) is 18.5 Å². The van der Waals surface area contributed by atoms with Gasteiger partial charge in [0.05, 0.1) is 0 Å². The molecule has 1 aliphatic rings. The molecule has 0 spiro atoms. The first-order valence-electron chi connectivity index (χ1n) is 5.18. The number of Topliss-reactive ketones (excluding diaryl/α,β-unsaturated/α-hetero) is 1. The minimum Gasteiger partial charge on any atom is -0.305 e. The number of carbonyl (C=O) groups excluding carboxylic acids is 1. The van der Waals surface area contributed by atoms with Gasteiger partial charge in [0.15, 0.2) is 5.78 Å². The Morgan fingerprint density at radius 3 is 2.29 bits per heavy atom. The number of hydrogen-bond donors (Lipinski definition) is 0. The molecule has 0 atom stereocenters. The Bertz CT molecular complexity index is 274. The second kappa shape index (κ2) is 3.85. The Kier molecular flexibility index (Phi) is 3.15. The van der Waals surface area contributed by atoms with Crippen LogP contribution in [0.1, 0.15) is 33.6 Å². The van der Waals surface area contributed by atoms with Crippen LogP contribution >= 0.6 is 0 Å². The monoisotopic (exact) mass is 195 g/mol. The number of rotatable bonds is 2. The van der Waals surface area contributed by atoms with Crippen LogP contribution in [0.3, 0.4) is 0 Å².